The molecule has 0 atom stereocenters. The Morgan fingerprint density at radius 1 is 1.35 bits per heavy atom. The van der Waals surface area contributed by atoms with Crippen LogP contribution >= 0.6 is 0 Å². The van der Waals surface area contributed by atoms with Crippen LogP contribution in [0.15, 0.2) is 24.3 Å². The van der Waals surface area contributed by atoms with Crippen LogP contribution in [0.4, 0.5) is 5.69 Å². The third-order valence-corrected chi connectivity index (χ3v) is 1.63. The molecule has 0 aliphatic rings. The highest BCUT2D eigenvalue weighted by Gasteiger charge is 2.04. The van der Waals surface area contributed by atoms with E-state index < -0.39 is 10.9 Å². The number of benzene rings is 1. The van der Waals surface area contributed by atoms with Crippen LogP contribution in [0.2, 0.25) is 0 Å². The molecule has 6 nitrogen and oxygen atoms in total. The van der Waals surface area contributed by atoms with E-state index in [4.69, 9.17) is 9.84 Å². The van der Waals surface area contributed by atoms with Gasteiger partial charge in [-0.15, -0.1) is 0 Å². The Balaban J connectivity index is 0.00000121. The molecule has 0 saturated heterocycles. The summed E-state index contributed by atoms with van der Waals surface area (Å²) >= 11 is 0. The number of rotatable bonds is 5. The number of carboxylic acids is 1. The second-order valence-electron chi connectivity index (χ2n) is 2.74. The number of nitro groups is 1. The van der Waals surface area contributed by atoms with Crippen molar-refractivity contribution in [3.63, 3.8) is 0 Å². The van der Waals surface area contributed by atoms with Crippen molar-refractivity contribution in [1.82, 2.24) is 0 Å². The zero-order valence-corrected chi connectivity index (χ0v) is 9.75. The molecule has 0 radical (unpaired) electrons. The van der Waals surface area contributed by atoms with Gasteiger partial charge in [0.05, 0.1) is 18.0 Å². The number of non-ortho nitro benzene ring substituents is 1. The Labute approximate surface area is 99.0 Å². The van der Waals surface area contributed by atoms with Crippen LogP contribution in [0, 0.1) is 10.1 Å². The van der Waals surface area contributed by atoms with Crippen LogP contribution in [0.3, 0.4) is 0 Å². The second kappa shape index (κ2) is 8.09. The van der Waals surface area contributed by atoms with Gasteiger partial charge in [0.1, 0.15) is 5.75 Å². The van der Waals surface area contributed by atoms with Gasteiger partial charge in [-0.05, 0) is 12.1 Å². The number of hydrogen-bond donors (Lipinski definition) is 1. The first kappa shape index (κ1) is 14.9. The quantitative estimate of drug-likeness (QED) is 0.631. The van der Waals surface area contributed by atoms with Crippen LogP contribution in [-0.4, -0.2) is 22.6 Å². The molecule has 0 heterocycles. The van der Waals surface area contributed by atoms with E-state index in [2.05, 4.69) is 0 Å². The van der Waals surface area contributed by atoms with Gasteiger partial charge in [-0.2, -0.15) is 0 Å². The normalized spacial score (nSPS) is 8.82. The largest absolute Gasteiger partial charge is 0.493 e. The number of aliphatic carboxylic acids is 1. The number of carbonyl (C=O) groups is 1. The maximum atomic E-state index is 10.3. The number of ether oxygens (including phenoxy) is 1. The molecule has 0 saturated carbocycles. The summed E-state index contributed by atoms with van der Waals surface area (Å²) in [5.41, 5.74) is -0.0272. The lowest BCUT2D eigenvalue weighted by Crippen LogP contribution is -2.04. The second-order valence-corrected chi connectivity index (χ2v) is 2.74. The van der Waals surface area contributed by atoms with E-state index in [-0.39, 0.29) is 18.7 Å². The van der Waals surface area contributed by atoms with E-state index in [0.29, 0.717) is 5.75 Å². The Kier molecular flexibility index (Phi) is 7.09. The highest BCUT2D eigenvalue weighted by Crippen LogP contribution is 2.17. The summed E-state index contributed by atoms with van der Waals surface area (Å²) in [6.07, 6.45) is -0.100. The molecule has 17 heavy (non-hydrogen) atoms. The molecule has 1 rings (SSSR count). The molecule has 1 N–H and O–H groups in total. The van der Waals surface area contributed by atoms with E-state index in [1.165, 1.54) is 24.3 Å². The molecule has 0 aliphatic heterocycles. The molecular weight excluding hydrogens is 226 g/mol. The Hall–Kier alpha value is -2.11. The van der Waals surface area contributed by atoms with E-state index in [1.807, 2.05) is 13.8 Å². The summed E-state index contributed by atoms with van der Waals surface area (Å²) in [5.74, 6) is -0.529. The van der Waals surface area contributed by atoms with E-state index in [9.17, 15) is 14.9 Å². The van der Waals surface area contributed by atoms with Crippen molar-refractivity contribution in [1.29, 1.82) is 0 Å². The summed E-state index contributed by atoms with van der Waals surface area (Å²) in [6, 6.07) is 5.46. The molecule has 94 valence electrons. The van der Waals surface area contributed by atoms with E-state index in [0.717, 1.165) is 0 Å². The highest BCUT2D eigenvalue weighted by molar-refractivity contribution is 5.66. The fraction of sp³-hybridized carbons (Fsp3) is 0.364. The zero-order valence-electron chi connectivity index (χ0n) is 9.75. The summed E-state index contributed by atoms with van der Waals surface area (Å²) in [6.45, 7) is 4.05. The average Bonchev–Trinajstić information content (AvgIpc) is 2.32. The first-order valence-electron chi connectivity index (χ1n) is 5.18. The van der Waals surface area contributed by atoms with Gasteiger partial charge in [-0.25, -0.2) is 0 Å². The Morgan fingerprint density at radius 2 is 1.88 bits per heavy atom. The lowest BCUT2D eigenvalue weighted by molar-refractivity contribution is -0.384. The number of carboxylic acid groups (broad SMARTS) is 1. The van der Waals surface area contributed by atoms with Crippen molar-refractivity contribution in [2.24, 2.45) is 0 Å². The molecule has 0 amide bonds. The minimum absolute atomic E-state index is 0.0272. The fourth-order valence-corrected chi connectivity index (χ4v) is 0.920. The van der Waals surface area contributed by atoms with Gasteiger partial charge in [0.2, 0.25) is 0 Å². The third-order valence-electron chi connectivity index (χ3n) is 1.63. The average molecular weight is 241 g/mol. The van der Waals surface area contributed by atoms with E-state index >= 15 is 0 Å². The Morgan fingerprint density at radius 3 is 2.29 bits per heavy atom. The predicted molar refractivity (Wildman–Crippen MR) is 62.2 cm³/mol. The van der Waals surface area contributed by atoms with Crippen LogP contribution in [0.25, 0.3) is 0 Å². The standard InChI is InChI=1S/C9H9NO5.C2H6/c11-9(12)5-6-15-8-3-1-7(2-4-8)10(13)14;1-2/h1-4H,5-6H2,(H,11,12);1-2H3. The molecule has 1 aromatic rings. The van der Waals surface area contributed by atoms with Crippen molar-refractivity contribution in [2.75, 3.05) is 6.61 Å². The number of nitrogens with zero attached hydrogens (tertiary/aromatic N) is 1. The van der Waals surface area contributed by atoms with Crippen LogP contribution in [0.5, 0.6) is 5.75 Å². The smallest absolute Gasteiger partial charge is 0.306 e. The fourth-order valence-electron chi connectivity index (χ4n) is 0.920. The lowest BCUT2D eigenvalue weighted by Gasteiger charge is -2.03. The molecular formula is C11H15NO5. The highest BCUT2D eigenvalue weighted by atomic mass is 16.6. The first-order chi connectivity index (χ1) is 8.09. The molecule has 0 spiro atoms. The summed E-state index contributed by atoms with van der Waals surface area (Å²) in [7, 11) is 0. The van der Waals surface area contributed by atoms with Gasteiger partial charge < -0.3 is 9.84 Å². The van der Waals surface area contributed by atoms with Gasteiger partial charge in [-0.1, -0.05) is 13.8 Å². The van der Waals surface area contributed by atoms with Crippen molar-refractivity contribution < 1.29 is 19.6 Å². The SMILES string of the molecule is CC.O=C(O)CCOc1ccc([N+](=O)[O-])cc1. The maximum Gasteiger partial charge on any atom is 0.306 e. The minimum atomic E-state index is -0.947. The molecule has 6 heteroatoms. The summed E-state index contributed by atoms with van der Waals surface area (Å²) in [4.78, 5) is 20.0. The van der Waals surface area contributed by atoms with Crippen molar-refractivity contribution in [2.45, 2.75) is 20.3 Å². The minimum Gasteiger partial charge on any atom is -0.493 e. The molecule has 0 fully saturated rings. The van der Waals surface area contributed by atoms with E-state index in [1.54, 1.807) is 0 Å². The topological polar surface area (TPSA) is 89.7 Å². The van der Waals surface area contributed by atoms with Crippen molar-refractivity contribution in [3.8, 4) is 5.75 Å². The molecule has 0 aromatic heterocycles. The van der Waals surface area contributed by atoms with Gasteiger partial charge in [0, 0.05) is 12.1 Å². The summed E-state index contributed by atoms with van der Waals surface area (Å²) in [5, 5.41) is 18.6. The van der Waals surface area contributed by atoms with Gasteiger partial charge in [0.15, 0.2) is 0 Å². The number of nitro benzene ring substituents is 1. The third kappa shape index (κ3) is 6.14. The molecule has 1 aromatic carbocycles. The van der Waals surface area contributed by atoms with Gasteiger partial charge >= 0.3 is 5.97 Å². The Bertz CT molecular complexity index is 361. The maximum absolute atomic E-state index is 10.3. The number of hydrogen-bond acceptors (Lipinski definition) is 4. The van der Waals surface area contributed by atoms with Crippen molar-refractivity contribution in [3.05, 3.63) is 34.4 Å². The monoisotopic (exact) mass is 241 g/mol. The predicted octanol–water partition coefficient (Wildman–Crippen LogP) is 2.47. The van der Waals surface area contributed by atoms with Crippen LogP contribution in [-0.2, 0) is 4.79 Å². The van der Waals surface area contributed by atoms with Crippen LogP contribution in [0.1, 0.15) is 20.3 Å². The lowest BCUT2D eigenvalue weighted by atomic mass is 10.3. The molecule has 0 bridgehead atoms. The van der Waals surface area contributed by atoms with Gasteiger partial charge in [-0.3, -0.25) is 14.9 Å². The van der Waals surface area contributed by atoms with Crippen LogP contribution < -0.4 is 4.74 Å². The first-order valence-corrected chi connectivity index (χ1v) is 5.18. The van der Waals surface area contributed by atoms with Crippen molar-refractivity contribution >= 4 is 11.7 Å². The summed E-state index contributed by atoms with van der Waals surface area (Å²) < 4.78 is 5.05. The molecule has 0 unspecified atom stereocenters. The molecule has 0 aliphatic carbocycles. The van der Waals surface area contributed by atoms with Gasteiger partial charge in [0.25, 0.3) is 5.69 Å². The zero-order chi connectivity index (χ0) is 13.3.